The maximum absolute atomic E-state index is 12.4. The topological polar surface area (TPSA) is 66.8 Å². The van der Waals surface area contributed by atoms with Gasteiger partial charge in [0.2, 0.25) is 0 Å². The number of piperidine rings is 1. The number of aromatic amines is 1. The number of hydrogen-bond acceptors (Lipinski definition) is 4. The molecular weight excluding hydrogens is 266 g/mol. The summed E-state index contributed by atoms with van der Waals surface area (Å²) in [5, 5.41) is 0.969. The van der Waals surface area contributed by atoms with Gasteiger partial charge in [-0.15, -0.1) is 0 Å². The molecule has 0 amide bonds. The van der Waals surface area contributed by atoms with Crippen LogP contribution >= 0.6 is 0 Å². The van der Waals surface area contributed by atoms with Gasteiger partial charge in [-0.3, -0.25) is 4.79 Å². The summed E-state index contributed by atoms with van der Waals surface area (Å²) in [4.78, 5) is 26.5. The highest BCUT2D eigenvalue weighted by Crippen LogP contribution is 2.27. The molecule has 0 spiro atoms. The number of hydrogen-bond donors (Lipinski definition) is 1. The zero-order valence-corrected chi connectivity index (χ0v) is 11.9. The molecule has 0 aliphatic carbocycles. The van der Waals surface area contributed by atoms with E-state index in [2.05, 4.69) is 26.9 Å². The van der Waals surface area contributed by atoms with E-state index in [4.69, 9.17) is 0 Å². The van der Waals surface area contributed by atoms with E-state index >= 15 is 0 Å². The zero-order chi connectivity index (χ0) is 14.4. The van der Waals surface area contributed by atoms with Crippen LogP contribution in [0.2, 0.25) is 0 Å². The fraction of sp³-hybridized carbons (Fsp3) is 0.400. The summed E-state index contributed by atoms with van der Waals surface area (Å²) in [5.41, 5.74) is 2.46. The van der Waals surface area contributed by atoms with Gasteiger partial charge in [-0.25, -0.2) is 9.97 Å². The Labute approximate surface area is 121 Å². The molecule has 108 valence electrons. The van der Waals surface area contributed by atoms with Gasteiger partial charge in [-0.05, 0) is 39.0 Å². The fourth-order valence-corrected chi connectivity index (χ4v) is 3.24. The molecule has 0 atom stereocenters. The largest absolute Gasteiger partial charge is 0.346 e. The molecule has 0 radical (unpaired) electrons. The molecule has 21 heavy (non-hydrogen) atoms. The molecule has 4 rings (SSSR count). The molecule has 1 saturated heterocycles. The van der Waals surface area contributed by atoms with Crippen LogP contribution in [0.4, 0.5) is 0 Å². The van der Waals surface area contributed by atoms with Crippen LogP contribution in [0.1, 0.15) is 18.9 Å². The minimum Gasteiger partial charge on any atom is -0.346 e. The van der Waals surface area contributed by atoms with Crippen molar-refractivity contribution < 1.29 is 0 Å². The van der Waals surface area contributed by atoms with Gasteiger partial charge in [0.25, 0.3) is 5.56 Å². The molecule has 0 saturated carbocycles. The molecule has 1 fully saturated rings. The maximum Gasteiger partial charge on any atom is 0.269 e. The van der Waals surface area contributed by atoms with Crippen LogP contribution in [-0.4, -0.2) is 44.6 Å². The van der Waals surface area contributed by atoms with Gasteiger partial charge in [0.15, 0.2) is 0 Å². The number of nitrogens with one attached hydrogen (secondary N) is 1. The monoisotopic (exact) mass is 283 g/mol. The van der Waals surface area contributed by atoms with E-state index in [0.29, 0.717) is 0 Å². The fourth-order valence-electron chi connectivity index (χ4n) is 3.24. The molecule has 1 aliphatic rings. The maximum atomic E-state index is 12.4. The first-order valence-corrected chi connectivity index (χ1v) is 7.26. The first-order chi connectivity index (χ1) is 10.2. The van der Waals surface area contributed by atoms with Crippen molar-refractivity contribution in [1.82, 2.24) is 24.4 Å². The number of nitrogens with zero attached hydrogens (tertiary/aromatic N) is 4. The van der Waals surface area contributed by atoms with Gasteiger partial charge < -0.3 is 14.5 Å². The highest BCUT2D eigenvalue weighted by Gasteiger charge is 2.22. The van der Waals surface area contributed by atoms with Gasteiger partial charge in [0.1, 0.15) is 11.2 Å². The highest BCUT2D eigenvalue weighted by molar-refractivity contribution is 6.00. The van der Waals surface area contributed by atoms with E-state index < -0.39 is 0 Å². The van der Waals surface area contributed by atoms with Crippen LogP contribution in [0.5, 0.6) is 0 Å². The third kappa shape index (κ3) is 1.94. The summed E-state index contributed by atoms with van der Waals surface area (Å²) in [6.45, 7) is 2.03. The Morgan fingerprint density at radius 2 is 2.05 bits per heavy atom. The van der Waals surface area contributed by atoms with Gasteiger partial charge >= 0.3 is 0 Å². The molecule has 1 N–H and O–H groups in total. The third-order valence-electron chi connectivity index (χ3n) is 4.38. The Bertz CT molecular complexity index is 857. The van der Waals surface area contributed by atoms with E-state index in [-0.39, 0.29) is 11.6 Å². The highest BCUT2D eigenvalue weighted by atomic mass is 16.1. The van der Waals surface area contributed by atoms with Gasteiger partial charge in [-0.2, -0.15) is 0 Å². The number of rotatable bonds is 1. The Hall–Kier alpha value is -2.21. The summed E-state index contributed by atoms with van der Waals surface area (Å²) in [7, 11) is 2.12. The average molecular weight is 283 g/mol. The van der Waals surface area contributed by atoms with Crippen molar-refractivity contribution in [3.63, 3.8) is 0 Å². The number of likely N-dealkylation sites (tertiary alicyclic amines) is 1. The standard InChI is InChI=1S/C15H17N5O/c1-19-6-3-10(4-7-19)20-13(21)9-17-12-8-18-15-11(14(12)20)2-5-16-15/h2,5,8-10H,3-4,6-7H2,1H3,(H,16,18). The first-order valence-electron chi connectivity index (χ1n) is 7.26. The third-order valence-corrected chi connectivity index (χ3v) is 4.38. The lowest BCUT2D eigenvalue weighted by Crippen LogP contribution is -2.35. The van der Waals surface area contributed by atoms with Crippen molar-refractivity contribution in [2.45, 2.75) is 18.9 Å². The first kappa shape index (κ1) is 12.5. The van der Waals surface area contributed by atoms with E-state index in [1.165, 1.54) is 6.20 Å². The second kappa shape index (κ2) is 4.66. The molecule has 6 heteroatoms. The second-order valence-corrected chi connectivity index (χ2v) is 5.73. The predicted octanol–water partition coefficient (Wildman–Crippen LogP) is 1.54. The van der Waals surface area contributed by atoms with Crippen molar-refractivity contribution >= 4 is 22.1 Å². The SMILES string of the molecule is CN1CCC(n2c(=O)cnc3cnc4[nH]ccc4c32)CC1. The Balaban J connectivity index is 2.00. The lowest BCUT2D eigenvalue weighted by Gasteiger charge is -2.30. The molecule has 3 aromatic rings. The van der Waals surface area contributed by atoms with Gasteiger partial charge in [0, 0.05) is 17.6 Å². The van der Waals surface area contributed by atoms with Gasteiger partial charge in [0.05, 0.1) is 17.9 Å². The summed E-state index contributed by atoms with van der Waals surface area (Å²) in [6, 6.07) is 2.21. The minimum absolute atomic E-state index is 0.0225. The molecule has 0 aromatic carbocycles. The number of pyridine rings is 1. The predicted molar refractivity (Wildman–Crippen MR) is 81.4 cm³/mol. The Kier molecular flexibility index (Phi) is 2.78. The zero-order valence-electron chi connectivity index (χ0n) is 11.9. The second-order valence-electron chi connectivity index (χ2n) is 5.73. The van der Waals surface area contributed by atoms with Crippen molar-refractivity contribution in [2.75, 3.05) is 20.1 Å². The van der Waals surface area contributed by atoms with Crippen molar-refractivity contribution in [3.8, 4) is 0 Å². The summed E-state index contributed by atoms with van der Waals surface area (Å²) in [5.74, 6) is 0. The summed E-state index contributed by atoms with van der Waals surface area (Å²) < 4.78 is 1.92. The molecule has 0 unspecified atom stereocenters. The quantitative estimate of drug-likeness (QED) is 0.735. The van der Waals surface area contributed by atoms with Crippen LogP contribution in [0.15, 0.2) is 29.5 Å². The normalized spacial score (nSPS) is 17.8. The molecular formula is C15H17N5O. The van der Waals surface area contributed by atoms with Crippen LogP contribution in [0, 0.1) is 0 Å². The molecule has 0 bridgehead atoms. The van der Waals surface area contributed by atoms with E-state index in [1.807, 2.05) is 16.8 Å². The lowest BCUT2D eigenvalue weighted by molar-refractivity contribution is 0.221. The average Bonchev–Trinajstić information content (AvgIpc) is 2.97. The number of aromatic nitrogens is 4. The minimum atomic E-state index is -0.0225. The Morgan fingerprint density at radius 1 is 1.24 bits per heavy atom. The molecule has 3 aromatic heterocycles. The lowest BCUT2D eigenvalue weighted by atomic mass is 10.0. The van der Waals surface area contributed by atoms with Crippen LogP contribution in [0.25, 0.3) is 22.1 Å². The van der Waals surface area contributed by atoms with E-state index in [9.17, 15) is 4.79 Å². The Morgan fingerprint density at radius 3 is 2.86 bits per heavy atom. The van der Waals surface area contributed by atoms with Crippen molar-refractivity contribution in [3.05, 3.63) is 35.0 Å². The summed E-state index contributed by atoms with van der Waals surface area (Å²) in [6.07, 6.45) is 6.99. The van der Waals surface area contributed by atoms with E-state index in [1.54, 1.807) is 6.20 Å². The molecule has 4 heterocycles. The summed E-state index contributed by atoms with van der Waals surface area (Å²) >= 11 is 0. The molecule has 1 aliphatic heterocycles. The smallest absolute Gasteiger partial charge is 0.269 e. The number of fused-ring (bicyclic) bond motifs is 3. The van der Waals surface area contributed by atoms with E-state index in [0.717, 1.165) is 48.0 Å². The van der Waals surface area contributed by atoms with Crippen molar-refractivity contribution in [2.24, 2.45) is 0 Å². The van der Waals surface area contributed by atoms with Gasteiger partial charge in [-0.1, -0.05) is 0 Å². The van der Waals surface area contributed by atoms with Crippen molar-refractivity contribution in [1.29, 1.82) is 0 Å². The number of H-pyrrole nitrogens is 1. The van der Waals surface area contributed by atoms with Crippen LogP contribution in [0.3, 0.4) is 0 Å². The molecule has 6 nitrogen and oxygen atoms in total. The van der Waals surface area contributed by atoms with Crippen LogP contribution in [-0.2, 0) is 0 Å². The van der Waals surface area contributed by atoms with Crippen LogP contribution < -0.4 is 5.56 Å².